The Bertz CT molecular complexity index is 559. The number of rotatable bonds is 7. The minimum atomic E-state index is 0.128. The van der Waals surface area contributed by atoms with Crippen molar-refractivity contribution in [3.63, 3.8) is 0 Å². The van der Waals surface area contributed by atoms with Crippen molar-refractivity contribution in [3.8, 4) is 0 Å². The summed E-state index contributed by atoms with van der Waals surface area (Å²) in [6.07, 6.45) is 10.1. The summed E-state index contributed by atoms with van der Waals surface area (Å²) in [4.78, 5) is 12.2. The van der Waals surface area contributed by atoms with Gasteiger partial charge in [0.15, 0.2) is 5.16 Å². The lowest BCUT2D eigenvalue weighted by molar-refractivity contribution is -0.119. The van der Waals surface area contributed by atoms with Crippen LogP contribution < -0.4 is 5.32 Å². The Morgan fingerprint density at radius 3 is 2.62 bits per heavy atom. The first kappa shape index (κ1) is 17.8. The average molecular weight is 351 g/mol. The third kappa shape index (κ3) is 4.32. The van der Waals surface area contributed by atoms with E-state index in [1.54, 1.807) is 6.33 Å². The highest BCUT2D eigenvalue weighted by atomic mass is 32.2. The predicted molar refractivity (Wildman–Crippen MR) is 97.0 cm³/mol. The molecular formula is C18H30N4OS. The molecule has 6 heteroatoms. The van der Waals surface area contributed by atoms with E-state index in [-0.39, 0.29) is 5.91 Å². The van der Waals surface area contributed by atoms with Gasteiger partial charge in [-0.15, -0.1) is 10.2 Å². The lowest BCUT2D eigenvalue weighted by Crippen LogP contribution is -2.40. The van der Waals surface area contributed by atoms with Gasteiger partial charge in [-0.05, 0) is 49.9 Å². The summed E-state index contributed by atoms with van der Waals surface area (Å²) >= 11 is 1.50. The summed E-state index contributed by atoms with van der Waals surface area (Å²) in [6.45, 7) is 7.04. The molecule has 0 aromatic carbocycles. The van der Waals surface area contributed by atoms with Crippen molar-refractivity contribution in [2.45, 2.75) is 83.0 Å². The van der Waals surface area contributed by atoms with Gasteiger partial charge >= 0.3 is 0 Å². The van der Waals surface area contributed by atoms with Gasteiger partial charge in [0.1, 0.15) is 6.33 Å². The molecular weight excluding hydrogens is 320 g/mol. The molecule has 2 fully saturated rings. The smallest absolute Gasteiger partial charge is 0.230 e. The molecule has 3 rings (SSSR count). The van der Waals surface area contributed by atoms with Crippen LogP contribution in [0.25, 0.3) is 0 Å². The fraction of sp³-hybridized carbons (Fsp3) is 0.833. The molecule has 1 heterocycles. The molecule has 1 N–H and O–H groups in total. The van der Waals surface area contributed by atoms with Gasteiger partial charge in [0.05, 0.1) is 5.75 Å². The average Bonchev–Trinajstić information content (AvgIpc) is 3.31. The highest BCUT2D eigenvalue weighted by Crippen LogP contribution is 2.40. The molecule has 1 amide bonds. The maximum atomic E-state index is 12.2. The van der Waals surface area contributed by atoms with Crippen LogP contribution in [0.3, 0.4) is 0 Å². The molecule has 0 bridgehead atoms. The SMILES string of the molecule is CCC(C)(C)C1CCC(NC(=O)CSc2nncn2C2CC2)CC1. The Kier molecular flexibility index (Phi) is 5.52. The van der Waals surface area contributed by atoms with Gasteiger partial charge < -0.3 is 9.88 Å². The van der Waals surface area contributed by atoms with Crippen LogP contribution in [0.15, 0.2) is 11.5 Å². The van der Waals surface area contributed by atoms with Gasteiger partial charge in [-0.3, -0.25) is 4.79 Å². The fourth-order valence-electron chi connectivity index (χ4n) is 3.65. The zero-order valence-electron chi connectivity index (χ0n) is 15.1. The number of thioether (sulfide) groups is 1. The maximum absolute atomic E-state index is 12.2. The van der Waals surface area contributed by atoms with Crippen LogP contribution in [0.4, 0.5) is 0 Å². The molecule has 0 radical (unpaired) electrons. The van der Waals surface area contributed by atoms with Gasteiger partial charge in [-0.1, -0.05) is 39.0 Å². The summed E-state index contributed by atoms with van der Waals surface area (Å²) in [5, 5.41) is 12.2. The van der Waals surface area contributed by atoms with Gasteiger partial charge in [0.2, 0.25) is 5.91 Å². The summed E-state index contributed by atoms with van der Waals surface area (Å²) < 4.78 is 2.11. The lowest BCUT2D eigenvalue weighted by atomic mass is 9.69. The number of carbonyl (C=O) groups excluding carboxylic acids is 1. The van der Waals surface area contributed by atoms with Crippen molar-refractivity contribution in [2.75, 3.05) is 5.75 Å². The summed E-state index contributed by atoms with van der Waals surface area (Å²) in [7, 11) is 0. The van der Waals surface area contributed by atoms with Gasteiger partial charge in [0, 0.05) is 12.1 Å². The van der Waals surface area contributed by atoms with E-state index in [2.05, 4.69) is 40.9 Å². The number of nitrogens with zero attached hydrogens (tertiary/aromatic N) is 3. The summed E-state index contributed by atoms with van der Waals surface area (Å²) in [6, 6.07) is 0.908. The zero-order chi connectivity index (χ0) is 17.2. The maximum Gasteiger partial charge on any atom is 0.230 e. The number of carbonyl (C=O) groups is 1. The minimum absolute atomic E-state index is 0.128. The van der Waals surface area contributed by atoms with Crippen LogP contribution in [-0.4, -0.2) is 32.5 Å². The van der Waals surface area contributed by atoms with Crippen molar-refractivity contribution in [1.82, 2.24) is 20.1 Å². The second-order valence-electron chi connectivity index (χ2n) is 8.00. The third-order valence-corrected chi connectivity index (χ3v) is 6.88. The normalized spacial score (nSPS) is 24.8. The molecule has 0 saturated heterocycles. The molecule has 2 saturated carbocycles. The molecule has 2 aliphatic rings. The minimum Gasteiger partial charge on any atom is -0.353 e. The first-order valence-electron chi connectivity index (χ1n) is 9.31. The van der Waals surface area contributed by atoms with Gasteiger partial charge in [-0.25, -0.2) is 0 Å². The van der Waals surface area contributed by atoms with Crippen LogP contribution in [0.1, 0.15) is 71.8 Å². The molecule has 0 atom stereocenters. The predicted octanol–water partition coefficient (Wildman–Crippen LogP) is 3.82. The fourth-order valence-corrected chi connectivity index (χ4v) is 4.44. The van der Waals surface area contributed by atoms with E-state index in [0.717, 1.165) is 23.9 Å². The van der Waals surface area contributed by atoms with E-state index < -0.39 is 0 Å². The number of amides is 1. The number of hydrogen-bond donors (Lipinski definition) is 1. The molecule has 5 nitrogen and oxygen atoms in total. The molecule has 0 spiro atoms. The molecule has 0 unspecified atom stereocenters. The van der Waals surface area contributed by atoms with E-state index in [1.165, 1.54) is 43.9 Å². The van der Waals surface area contributed by atoms with Gasteiger partial charge in [0.25, 0.3) is 0 Å². The third-order valence-electron chi connectivity index (χ3n) is 5.92. The Morgan fingerprint density at radius 2 is 2.00 bits per heavy atom. The molecule has 24 heavy (non-hydrogen) atoms. The Hall–Kier alpha value is -1.04. The Morgan fingerprint density at radius 1 is 1.29 bits per heavy atom. The Balaban J connectivity index is 1.40. The van der Waals surface area contributed by atoms with Crippen molar-refractivity contribution in [2.24, 2.45) is 11.3 Å². The van der Waals surface area contributed by atoms with E-state index in [4.69, 9.17) is 0 Å². The first-order valence-corrected chi connectivity index (χ1v) is 10.3. The Labute approximate surface area is 149 Å². The number of nitrogens with one attached hydrogen (secondary N) is 1. The summed E-state index contributed by atoms with van der Waals surface area (Å²) in [5.74, 6) is 1.36. The topological polar surface area (TPSA) is 59.8 Å². The van der Waals surface area contributed by atoms with Crippen LogP contribution in [-0.2, 0) is 4.79 Å². The highest BCUT2D eigenvalue weighted by molar-refractivity contribution is 7.99. The van der Waals surface area contributed by atoms with E-state index >= 15 is 0 Å². The highest BCUT2D eigenvalue weighted by Gasteiger charge is 2.32. The van der Waals surface area contributed by atoms with Crippen molar-refractivity contribution in [1.29, 1.82) is 0 Å². The zero-order valence-corrected chi connectivity index (χ0v) is 15.9. The lowest BCUT2D eigenvalue weighted by Gasteiger charge is -2.39. The molecule has 1 aromatic heterocycles. The quantitative estimate of drug-likeness (QED) is 0.760. The molecule has 134 valence electrons. The van der Waals surface area contributed by atoms with Crippen LogP contribution in [0, 0.1) is 11.3 Å². The molecule has 1 aromatic rings. The van der Waals surface area contributed by atoms with Crippen LogP contribution in [0.2, 0.25) is 0 Å². The molecule has 2 aliphatic carbocycles. The standard InChI is InChI=1S/C18H30N4OS/c1-4-18(2,3)13-5-7-14(8-6-13)20-16(23)11-24-17-21-19-12-22(17)15-9-10-15/h12-15H,4-11H2,1-3H3,(H,20,23). The van der Waals surface area contributed by atoms with Crippen molar-refractivity contribution < 1.29 is 4.79 Å². The van der Waals surface area contributed by atoms with E-state index in [9.17, 15) is 4.79 Å². The first-order chi connectivity index (χ1) is 11.5. The number of aromatic nitrogens is 3. The largest absolute Gasteiger partial charge is 0.353 e. The van der Waals surface area contributed by atoms with E-state index in [0.29, 0.717) is 23.3 Å². The van der Waals surface area contributed by atoms with Crippen molar-refractivity contribution >= 4 is 17.7 Å². The monoisotopic (exact) mass is 350 g/mol. The van der Waals surface area contributed by atoms with Gasteiger partial charge in [-0.2, -0.15) is 0 Å². The second kappa shape index (κ2) is 7.46. The van der Waals surface area contributed by atoms with E-state index in [1.807, 2.05) is 0 Å². The second-order valence-corrected chi connectivity index (χ2v) is 8.94. The van der Waals surface area contributed by atoms with Crippen LogP contribution in [0.5, 0.6) is 0 Å². The van der Waals surface area contributed by atoms with Crippen LogP contribution >= 0.6 is 11.8 Å². The number of hydrogen-bond acceptors (Lipinski definition) is 4. The van der Waals surface area contributed by atoms with Crippen molar-refractivity contribution in [3.05, 3.63) is 6.33 Å². The molecule has 0 aliphatic heterocycles. The summed E-state index contributed by atoms with van der Waals surface area (Å²) in [5.41, 5.74) is 0.428.